The van der Waals surface area contributed by atoms with Crippen molar-refractivity contribution >= 4 is 11.9 Å². The number of rotatable bonds is 9. The Labute approximate surface area is 126 Å². The molecule has 2 N–H and O–H groups in total. The third kappa shape index (κ3) is 7.49. The summed E-state index contributed by atoms with van der Waals surface area (Å²) in [4.78, 5) is 22.5. The van der Waals surface area contributed by atoms with Crippen LogP contribution >= 0.6 is 0 Å². The van der Waals surface area contributed by atoms with Crippen molar-refractivity contribution in [2.24, 2.45) is 11.8 Å². The summed E-state index contributed by atoms with van der Waals surface area (Å²) >= 11 is 0. The Balaban J connectivity index is 2.29. The minimum atomic E-state index is -0.756. The Hall–Kier alpha value is -1.84. The first kappa shape index (κ1) is 17.2. The summed E-state index contributed by atoms with van der Waals surface area (Å²) in [5.41, 5.74) is 1.00. The lowest BCUT2D eigenvalue weighted by Crippen LogP contribution is -2.28. The third-order valence-electron chi connectivity index (χ3n) is 3.72. The van der Waals surface area contributed by atoms with Crippen molar-refractivity contribution in [3.05, 3.63) is 35.9 Å². The van der Waals surface area contributed by atoms with Gasteiger partial charge in [0.15, 0.2) is 0 Å². The highest BCUT2D eigenvalue weighted by Gasteiger charge is 2.15. The fourth-order valence-corrected chi connectivity index (χ4v) is 2.36. The van der Waals surface area contributed by atoms with Crippen LogP contribution in [0, 0.1) is 11.8 Å². The molecule has 0 spiro atoms. The predicted molar refractivity (Wildman–Crippen MR) is 83.0 cm³/mol. The summed E-state index contributed by atoms with van der Waals surface area (Å²) in [5, 5.41) is 11.7. The molecule has 21 heavy (non-hydrogen) atoms. The molecule has 0 aliphatic rings. The molecule has 1 aromatic carbocycles. The number of hydrogen-bond acceptors (Lipinski definition) is 2. The zero-order chi connectivity index (χ0) is 15.7. The molecular formula is C17H25NO3. The van der Waals surface area contributed by atoms with Crippen molar-refractivity contribution in [2.75, 3.05) is 6.54 Å². The molecule has 1 aromatic rings. The number of carboxylic acids is 1. The van der Waals surface area contributed by atoms with Gasteiger partial charge in [0.2, 0.25) is 5.91 Å². The van der Waals surface area contributed by atoms with Crippen LogP contribution in [-0.4, -0.2) is 23.5 Å². The van der Waals surface area contributed by atoms with E-state index in [9.17, 15) is 9.59 Å². The molecule has 1 rings (SSSR count). The van der Waals surface area contributed by atoms with E-state index in [4.69, 9.17) is 5.11 Å². The lowest BCUT2D eigenvalue weighted by molar-refractivity contribution is -0.137. The number of carbonyl (C=O) groups excluding carboxylic acids is 1. The predicted octanol–water partition coefficient (Wildman–Crippen LogP) is 2.87. The summed E-state index contributed by atoms with van der Waals surface area (Å²) in [7, 11) is 0. The number of hydrogen-bond donors (Lipinski definition) is 2. The summed E-state index contributed by atoms with van der Waals surface area (Å²) in [6.45, 7) is 4.80. The van der Waals surface area contributed by atoms with Gasteiger partial charge in [-0.25, -0.2) is 0 Å². The largest absolute Gasteiger partial charge is 0.481 e. The SMILES string of the molecule is CC(C)C(CCNC(=O)Cc1ccccc1)CCC(=O)O. The van der Waals surface area contributed by atoms with E-state index in [1.165, 1.54) is 0 Å². The maximum Gasteiger partial charge on any atom is 0.303 e. The molecule has 1 unspecified atom stereocenters. The van der Waals surface area contributed by atoms with Gasteiger partial charge in [0.1, 0.15) is 0 Å². The average molecular weight is 291 g/mol. The zero-order valence-electron chi connectivity index (χ0n) is 12.8. The fraction of sp³-hybridized carbons (Fsp3) is 0.529. The molecule has 1 amide bonds. The van der Waals surface area contributed by atoms with Gasteiger partial charge < -0.3 is 10.4 Å². The van der Waals surface area contributed by atoms with Gasteiger partial charge in [0.05, 0.1) is 6.42 Å². The van der Waals surface area contributed by atoms with E-state index < -0.39 is 5.97 Å². The molecule has 0 aliphatic carbocycles. The number of aliphatic carboxylic acids is 1. The quantitative estimate of drug-likeness (QED) is 0.735. The van der Waals surface area contributed by atoms with E-state index >= 15 is 0 Å². The van der Waals surface area contributed by atoms with Crippen LogP contribution < -0.4 is 5.32 Å². The van der Waals surface area contributed by atoms with E-state index in [0.717, 1.165) is 12.0 Å². The summed E-state index contributed by atoms with van der Waals surface area (Å²) in [6, 6.07) is 9.64. The van der Waals surface area contributed by atoms with Crippen molar-refractivity contribution in [3.8, 4) is 0 Å². The average Bonchev–Trinajstić information content (AvgIpc) is 2.43. The second-order valence-electron chi connectivity index (χ2n) is 5.74. The second-order valence-corrected chi connectivity index (χ2v) is 5.74. The molecule has 0 bridgehead atoms. The van der Waals surface area contributed by atoms with Crippen molar-refractivity contribution in [1.29, 1.82) is 0 Å². The van der Waals surface area contributed by atoms with Gasteiger partial charge in [-0.1, -0.05) is 44.2 Å². The molecule has 0 saturated carbocycles. The second kappa shape index (κ2) is 9.16. The normalized spacial score (nSPS) is 12.1. The van der Waals surface area contributed by atoms with Crippen molar-refractivity contribution in [1.82, 2.24) is 5.32 Å². The lowest BCUT2D eigenvalue weighted by atomic mass is 9.88. The van der Waals surface area contributed by atoms with Crippen LogP contribution in [0.15, 0.2) is 30.3 Å². The van der Waals surface area contributed by atoms with Crippen LogP contribution in [-0.2, 0) is 16.0 Å². The maximum absolute atomic E-state index is 11.8. The highest BCUT2D eigenvalue weighted by atomic mass is 16.4. The Morgan fingerprint density at radius 3 is 2.38 bits per heavy atom. The molecular weight excluding hydrogens is 266 g/mol. The first-order chi connectivity index (χ1) is 9.99. The minimum absolute atomic E-state index is 0.0157. The van der Waals surface area contributed by atoms with E-state index in [1.807, 2.05) is 30.3 Å². The molecule has 0 saturated heterocycles. The Morgan fingerprint density at radius 2 is 1.81 bits per heavy atom. The van der Waals surface area contributed by atoms with Gasteiger partial charge >= 0.3 is 5.97 Å². The van der Waals surface area contributed by atoms with Crippen molar-refractivity contribution < 1.29 is 14.7 Å². The van der Waals surface area contributed by atoms with Crippen molar-refractivity contribution in [2.45, 2.75) is 39.5 Å². The van der Waals surface area contributed by atoms with Crippen LogP contribution in [0.1, 0.15) is 38.7 Å². The number of carboxylic acid groups (broad SMARTS) is 1. The summed E-state index contributed by atoms with van der Waals surface area (Å²) in [6.07, 6.45) is 2.08. The minimum Gasteiger partial charge on any atom is -0.481 e. The lowest BCUT2D eigenvalue weighted by Gasteiger charge is -2.20. The summed E-state index contributed by atoms with van der Waals surface area (Å²) in [5.74, 6) is 0.0178. The molecule has 116 valence electrons. The highest BCUT2D eigenvalue weighted by molar-refractivity contribution is 5.78. The molecule has 0 fully saturated rings. The number of carbonyl (C=O) groups is 2. The van der Waals surface area contributed by atoms with E-state index in [1.54, 1.807) is 0 Å². The number of nitrogens with one attached hydrogen (secondary N) is 1. The van der Waals surface area contributed by atoms with Crippen LogP contribution in [0.2, 0.25) is 0 Å². The molecule has 0 aliphatic heterocycles. The fourth-order valence-electron chi connectivity index (χ4n) is 2.36. The maximum atomic E-state index is 11.8. The standard InChI is InChI=1S/C17H25NO3/c1-13(2)15(8-9-17(20)21)10-11-18-16(19)12-14-6-4-3-5-7-14/h3-7,13,15H,8-12H2,1-2H3,(H,18,19)(H,20,21). The Morgan fingerprint density at radius 1 is 1.14 bits per heavy atom. The van der Waals surface area contributed by atoms with Crippen LogP contribution in [0.25, 0.3) is 0 Å². The molecule has 0 heterocycles. The van der Waals surface area contributed by atoms with Gasteiger partial charge in [-0.2, -0.15) is 0 Å². The smallest absolute Gasteiger partial charge is 0.303 e. The molecule has 4 heteroatoms. The van der Waals surface area contributed by atoms with E-state index in [0.29, 0.717) is 31.2 Å². The van der Waals surface area contributed by atoms with Gasteiger partial charge in [0, 0.05) is 13.0 Å². The van der Waals surface area contributed by atoms with Crippen LogP contribution in [0.3, 0.4) is 0 Å². The summed E-state index contributed by atoms with van der Waals surface area (Å²) < 4.78 is 0. The van der Waals surface area contributed by atoms with Gasteiger partial charge in [-0.3, -0.25) is 9.59 Å². The Bertz CT molecular complexity index is 443. The number of benzene rings is 1. The number of amides is 1. The first-order valence-electron chi connectivity index (χ1n) is 7.51. The van der Waals surface area contributed by atoms with Gasteiger partial charge in [0.25, 0.3) is 0 Å². The van der Waals surface area contributed by atoms with Crippen molar-refractivity contribution in [3.63, 3.8) is 0 Å². The van der Waals surface area contributed by atoms with Gasteiger partial charge in [-0.15, -0.1) is 0 Å². The van der Waals surface area contributed by atoms with Crippen LogP contribution in [0.5, 0.6) is 0 Å². The molecule has 0 aromatic heterocycles. The van der Waals surface area contributed by atoms with Gasteiger partial charge in [-0.05, 0) is 30.2 Å². The monoisotopic (exact) mass is 291 g/mol. The van der Waals surface area contributed by atoms with E-state index in [2.05, 4.69) is 19.2 Å². The Kier molecular flexibility index (Phi) is 7.51. The highest BCUT2D eigenvalue weighted by Crippen LogP contribution is 2.20. The third-order valence-corrected chi connectivity index (χ3v) is 3.72. The first-order valence-corrected chi connectivity index (χ1v) is 7.51. The van der Waals surface area contributed by atoms with E-state index in [-0.39, 0.29) is 12.3 Å². The molecule has 0 radical (unpaired) electrons. The van der Waals surface area contributed by atoms with Crippen LogP contribution in [0.4, 0.5) is 0 Å². The zero-order valence-corrected chi connectivity index (χ0v) is 12.8. The topological polar surface area (TPSA) is 66.4 Å². The molecule has 4 nitrogen and oxygen atoms in total. The molecule has 1 atom stereocenters.